The fraction of sp³-hybridized carbons (Fsp3) is 0.938. The summed E-state index contributed by atoms with van der Waals surface area (Å²) in [4.78, 5) is 13.5. The summed E-state index contributed by atoms with van der Waals surface area (Å²) in [6.07, 6.45) is 14.0. The lowest BCUT2D eigenvalue weighted by atomic mass is 10.1. The van der Waals surface area contributed by atoms with Crippen molar-refractivity contribution in [2.45, 2.75) is 83.6 Å². The maximum absolute atomic E-state index is 11.5. The lowest BCUT2D eigenvalue weighted by Gasteiger charge is -2.15. The SMILES string of the molecule is CCCCCCCCCCCCN1CC(N)CC1=O. The molecule has 1 aliphatic rings. The molecule has 0 aromatic rings. The van der Waals surface area contributed by atoms with Gasteiger partial charge in [0, 0.05) is 25.6 Å². The van der Waals surface area contributed by atoms with Crippen LogP contribution in [0.2, 0.25) is 0 Å². The molecule has 0 aromatic heterocycles. The van der Waals surface area contributed by atoms with E-state index in [1.807, 2.05) is 4.90 Å². The van der Waals surface area contributed by atoms with Crippen LogP contribution in [0.4, 0.5) is 0 Å². The molecule has 1 aliphatic heterocycles. The second-order valence-corrected chi connectivity index (χ2v) is 5.99. The number of hydrogen-bond acceptors (Lipinski definition) is 2. The van der Waals surface area contributed by atoms with E-state index in [0.29, 0.717) is 6.42 Å². The number of amides is 1. The predicted octanol–water partition coefficient (Wildman–Crippen LogP) is 3.47. The first-order chi connectivity index (χ1) is 9.24. The third-order valence-electron chi connectivity index (χ3n) is 4.03. The van der Waals surface area contributed by atoms with Crippen molar-refractivity contribution >= 4 is 5.91 Å². The molecular formula is C16H32N2O. The van der Waals surface area contributed by atoms with Crippen LogP contribution in [0.3, 0.4) is 0 Å². The third-order valence-corrected chi connectivity index (χ3v) is 4.03. The number of carbonyl (C=O) groups is 1. The number of rotatable bonds is 11. The van der Waals surface area contributed by atoms with Gasteiger partial charge < -0.3 is 10.6 Å². The van der Waals surface area contributed by atoms with Crippen molar-refractivity contribution < 1.29 is 4.79 Å². The molecule has 19 heavy (non-hydrogen) atoms. The molecule has 0 aliphatic carbocycles. The molecule has 1 amide bonds. The maximum Gasteiger partial charge on any atom is 0.224 e. The molecule has 3 heteroatoms. The Morgan fingerprint density at radius 1 is 1.00 bits per heavy atom. The highest BCUT2D eigenvalue weighted by atomic mass is 16.2. The number of likely N-dealkylation sites (tertiary alicyclic amines) is 1. The van der Waals surface area contributed by atoms with Gasteiger partial charge in [0.25, 0.3) is 0 Å². The van der Waals surface area contributed by atoms with E-state index in [1.54, 1.807) is 0 Å². The van der Waals surface area contributed by atoms with E-state index in [9.17, 15) is 4.79 Å². The molecule has 2 N–H and O–H groups in total. The van der Waals surface area contributed by atoms with Gasteiger partial charge in [-0.2, -0.15) is 0 Å². The van der Waals surface area contributed by atoms with Crippen LogP contribution in [0.15, 0.2) is 0 Å². The highest BCUT2D eigenvalue weighted by molar-refractivity contribution is 5.79. The zero-order chi connectivity index (χ0) is 13.9. The summed E-state index contributed by atoms with van der Waals surface area (Å²) in [6, 6.07) is 0.0793. The second-order valence-electron chi connectivity index (χ2n) is 5.99. The zero-order valence-electron chi connectivity index (χ0n) is 12.7. The van der Waals surface area contributed by atoms with E-state index >= 15 is 0 Å². The zero-order valence-corrected chi connectivity index (χ0v) is 12.7. The molecule has 1 heterocycles. The quantitative estimate of drug-likeness (QED) is 0.583. The van der Waals surface area contributed by atoms with Crippen molar-refractivity contribution in [1.29, 1.82) is 0 Å². The molecule has 1 saturated heterocycles. The van der Waals surface area contributed by atoms with Crippen molar-refractivity contribution in [3.05, 3.63) is 0 Å². The molecule has 3 nitrogen and oxygen atoms in total. The van der Waals surface area contributed by atoms with Crippen molar-refractivity contribution in [1.82, 2.24) is 4.90 Å². The Labute approximate surface area is 118 Å². The molecule has 1 unspecified atom stereocenters. The molecule has 0 bridgehead atoms. The van der Waals surface area contributed by atoms with Gasteiger partial charge in [-0.05, 0) is 6.42 Å². The van der Waals surface area contributed by atoms with Gasteiger partial charge >= 0.3 is 0 Å². The van der Waals surface area contributed by atoms with Gasteiger partial charge in [-0.15, -0.1) is 0 Å². The monoisotopic (exact) mass is 268 g/mol. The molecule has 1 fully saturated rings. The van der Waals surface area contributed by atoms with E-state index < -0.39 is 0 Å². The Hall–Kier alpha value is -0.570. The van der Waals surface area contributed by atoms with E-state index in [2.05, 4.69) is 6.92 Å². The molecule has 0 spiro atoms. The van der Waals surface area contributed by atoms with Crippen LogP contribution < -0.4 is 5.73 Å². The number of carbonyl (C=O) groups excluding carboxylic acids is 1. The van der Waals surface area contributed by atoms with Crippen molar-refractivity contribution in [2.24, 2.45) is 5.73 Å². The molecule has 1 atom stereocenters. The molecule has 1 rings (SSSR count). The first-order valence-electron chi connectivity index (χ1n) is 8.27. The number of nitrogens with zero attached hydrogens (tertiary/aromatic N) is 1. The van der Waals surface area contributed by atoms with E-state index in [4.69, 9.17) is 5.73 Å². The van der Waals surface area contributed by atoms with E-state index in [0.717, 1.165) is 19.5 Å². The Kier molecular flexibility index (Phi) is 8.89. The fourth-order valence-corrected chi connectivity index (χ4v) is 2.81. The van der Waals surface area contributed by atoms with Crippen LogP contribution in [0.1, 0.15) is 77.6 Å². The summed E-state index contributed by atoms with van der Waals surface area (Å²) in [5.41, 5.74) is 5.77. The fourth-order valence-electron chi connectivity index (χ4n) is 2.81. The summed E-state index contributed by atoms with van der Waals surface area (Å²) in [7, 11) is 0. The number of hydrogen-bond donors (Lipinski definition) is 1. The van der Waals surface area contributed by atoms with Gasteiger partial charge in [0.15, 0.2) is 0 Å². The molecular weight excluding hydrogens is 236 g/mol. The summed E-state index contributed by atoms with van der Waals surface area (Å²) in [5.74, 6) is 0.253. The highest BCUT2D eigenvalue weighted by Crippen LogP contribution is 2.13. The minimum Gasteiger partial charge on any atom is -0.341 e. The van der Waals surface area contributed by atoms with Crippen molar-refractivity contribution in [3.63, 3.8) is 0 Å². The predicted molar refractivity (Wildman–Crippen MR) is 81.0 cm³/mol. The smallest absolute Gasteiger partial charge is 0.224 e. The minimum atomic E-state index is 0.0793. The minimum absolute atomic E-state index is 0.0793. The van der Waals surface area contributed by atoms with Crippen LogP contribution in [0.25, 0.3) is 0 Å². The largest absolute Gasteiger partial charge is 0.341 e. The van der Waals surface area contributed by atoms with Gasteiger partial charge in [0.05, 0.1) is 0 Å². The maximum atomic E-state index is 11.5. The Balaban J connectivity index is 1.82. The Morgan fingerprint density at radius 2 is 1.53 bits per heavy atom. The summed E-state index contributed by atoms with van der Waals surface area (Å²) in [6.45, 7) is 3.96. The lowest BCUT2D eigenvalue weighted by molar-refractivity contribution is -0.127. The summed E-state index contributed by atoms with van der Waals surface area (Å²) >= 11 is 0. The molecule has 112 valence electrons. The Morgan fingerprint density at radius 3 is 2.00 bits per heavy atom. The number of nitrogens with two attached hydrogens (primary N) is 1. The van der Waals surface area contributed by atoms with Crippen molar-refractivity contribution in [2.75, 3.05) is 13.1 Å². The van der Waals surface area contributed by atoms with Crippen LogP contribution in [0, 0.1) is 0 Å². The molecule has 0 aromatic carbocycles. The Bertz CT molecular complexity index is 243. The molecule has 0 saturated carbocycles. The standard InChI is InChI=1S/C16H32N2O/c1-2-3-4-5-6-7-8-9-10-11-12-18-14-15(17)13-16(18)19/h15H,2-14,17H2,1H3. The lowest BCUT2D eigenvalue weighted by Crippen LogP contribution is -2.29. The van der Waals surface area contributed by atoms with Crippen LogP contribution >= 0.6 is 0 Å². The van der Waals surface area contributed by atoms with Gasteiger partial charge in [-0.1, -0.05) is 64.7 Å². The van der Waals surface area contributed by atoms with Crippen LogP contribution in [-0.2, 0) is 4.79 Å². The number of unbranched alkanes of at least 4 members (excludes halogenated alkanes) is 9. The van der Waals surface area contributed by atoms with Crippen molar-refractivity contribution in [3.8, 4) is 0 Å². The van der Waals surface area contributed by atoms with E-state index in [1.165, 1.54) is 57.8 Å². The van der Waals surface area contributed by atoms with Gasteiger partial charge in [-0.25, -0.2) is 0 Å². The van der Waals surface area contributed by atoms with Gasteiger partial charge in [-0.3, -0.25) is 4.79 Å². The topological polar surface area (TPSA) is 46.3 Å². The summed E-state index contributed by atoms with van der Waals surface area (Å²) in [5, 5.41) is 0. The molecule has 0 radical (unpaired) electrons. The first kappa shape index (κ1) is 16.5. The van der Waals surface area contributed by atoms with Gasteiger partial charge in [0.1, 0.15) is 0 Å². The van der Waals surface area contributed by atoms with Crippen LogP contribution in [0.5, 0.6) is 0 Å². The normalized spacial score (nSPS) is 19.4. The first-order valence-corrected chi connectivity index (χ1v) is 8.27. The van der Waals surface area contributed by atoms with Crippen LogP contribution in [-0.4, -0.2) is 29.9 Å². The van der Waals surface area contributed by atoms with E-state index in [-0.39, 0.29) is 11.9 Å². The second kappa shape index (κ2) is 10.2. The highest BCUT2D eigenvalue weighted by Gasteiger charge is 2.25. The average molecular weight is 268 g/mol. The van der Waals surface area contributed by atoms with Gasteiger partial charge in [0.2, 0.25) is 5.91 Å². The average Bonchev–Trinajstić information content (AvgIpc) is 2.70. The summed E-state index contributed by atoms with van der Waals surface area (Å²) < 4.78 is 0. The third kappa shape index (κ3) is 7.56.